The lowest BCUT2D eigenvalue weighted by molar-refractivity contribution is -0.139. The summed E-state index contributed by atoms with van der Waals surface area (Å²) in [5.74, 6) is -0.889. The van der Waals surface area contributed by atoms with Crippen molar-refractivity contribution in [2.24, 2.45) is 0 Å². The number of carbonyl (C=O) groups excluding carboxylic acids is 2. The van der Waals surface area contributed by atoms with E-state index in [0.29, 0.717) is 26.7 Å². The fraction of sp³-hybridized carbons (Fsp3) is 0.333. The molecule has 198 valence electrons. The van der Waals surface area contributed by atoms with Gasteiger partial charge in [-0.15, -0.1) is 0 Å². The Morgan fingerprint density at radius 1 is 1.00 bits per heavy atom. The molecule has 3 aromatic rings. The molecule has 7 nitrogen and oxygen atoms in total. The van der Waals surface area contributed by atoms with E-state index >= 15 is 0 Å². The minimum absolute atomic E-state index is 0.00291. The van der Waals surface area contributed by atoms with Crippen molar-refractivity contribution in [3.63, 3.8) is 0 Å². The molecule has 0 heterocycles. The summed E-state index contributed by atoms with van der Waals surface area (Å²) in [6, 6.07) is 16.5. The summed E-state index contributed by atoms with van der Waals surface area (Å²) < 4.78 is 26.9. The van der Waals surface area contributed by atoms with Gasteiger partial charge in [-0.3, -0.25) is 13.9 Å². The first-order chi connectivity index (χ1) is 17.4. The molecule has 10 heteroatoms. The highest BCUT2D eigenvalue weighted by Gasteiger charge is 2.31. The van der Waals surface area contributed by atoms with Crippen LogP contribution in [0.25, 0.3) is 10.8 Å². The third kappa shape index (κ3) is 7.15. The first-order valence-electron chi connectivity index (χ1n) is 11.9. The number of hydrogen-bond donors (Lipinski definition) is 1. The van der Waals surface area contributed by atoms with Crippen LogP contribution in [-0.4, -0.2) is 50.0 Å². The standard InChI is InChI=1S/C27H31Cl2N3O4S/c1-5-18(2)30-27(34)19(3)31(16-21-13-14-22(28)15-24(21)29)26(33)17-32(37(4,35)36)25-12-8-10-20-9-6-7-11-23(20)25/h6-15,18-19H,5,16-17H2,1-4H3,(H,30,34)/t18-,19+/m0/s1. The number of nitrogens with one attached hydrogen (secondary N) is 1. The van der Waals surface area contributed by atoms with Crippen LogP contribution in [0, 0.1) is 0 Å². The topological polar surface area (TPSA) is 86.8 Å². The number of sulfonamides is 1. The summed E-state index contributed by atoms with van der Waals surface area (Å²) in [6.45, 7) is 4.94. The Morgan fingerprint density at radius 3 is 2.32 bits per heavy atom. The van der Waals surface area contributed by atoms with Crippen LogP contribution in [-0.2, 0) is 26.2 Å². The molecule has 0 unspecified atom stereocenters. The van der Waals surface area contributed by atoms with E-state index in [0.717, 1.165) is 22.4 Å². The van der Waals surface area contributed by atoms with Gasteiger partial charge in [0, 0.05) is 28.0 Å². The Hall–Kier alpha value is -2.81. The van der Waals surface area contributed by atoms with Crippen molar-refractivity contribution in [3.8, 4) is 0 Å². The van der Waals surface area contributed by atoms with Gasteiger partial charge in [-0.1, -0.05) is 72.6 Å². The van der Waals surface area contributed by atoms with Crippen LogP contribution >= 0.6 is 23.2 Å². The molecule has 3 aromatic carbocycles. The molecule has 0 radical (unpaired) electrons. The lowest BCUT2D eigenvalue weighted by Crippen LogP contribution is -2.52. The van der Waals surface area contributed by atoms with Gasteiger partial charge in [0.15, 0.2) is 0 Å². The molecule has 2 amide bonds. The summed E-state index contributed by atoms with van der Waals surface area (Å²) in [6.07, 6.45) is 1.78. The second kappa shape index (κ2) is 12.2. The first-order valence-corrected chi connectivity index (χ1v) is 14.5. The Labute approximate surface area is 228 Å². The number of hydrogen-bond acceptors (Lipinski definition) is 4. The fourth-order valence-electron chi connectivity index (χ4n) is 3.90. The molecular weight excluding hydrogens is 533 g/mol. The van der Waals surface area contributed by atoms with Crippen molar-refractivity contribution in [1.29, 1.82) is 0 Å². The van der Waals surface area contributed by atoms with E-state index in [1.54, 1.807) is 43.3 Å². The molecule has 2 atom stereocenters. The van der Waals surface area contributed by atoms with Crippen molar-refractivity contribution in [1.82, 2.24) is 10.2 Å². The van der Waals surface area contributed by atoms with Crippen molar-refractivity contribution in [3.05, 3.63) is 76.3 Å². The summed E-state index contributed by atoms with van der Waals surface area (Å²) in [4.78, 5) is 28.1. The first kappa shape index (κ1) is 28.8. The lowest BCUT2D eigenvalue weighted by Gasteiger charge is -2.32. The van der Waals surface area contributed by atoms with Gasteiger partial charge in [-0.2, -0.15) is 0 Å². The lowest BCUT2D eigenvalue weighted by atomic mass is 10.1. The summed E-state index contributed by atoms with van der Waals surface area (Å²) >= 11 is 12.4. The minimum Gasteiger partial charge on any atom is -0.352 e. The van der Waals surface area contributed by atoms with E-state index < -0.39 is 28.5 Å². The second-order valence-electron chi connectivity index (χ2n) is 9.02. The molecule has 0 spiro atoms. The van der Waals surface area contributed by atoms with Gasteiger partial charge in [0.25, 0.3) is 0 Å². The van der Waals surface area contributed by atoms with Gasteiger partial charge in [-0.25, -0.2) is 8.42 Å². The van der Waals surface area contributed by atoms with Crippen molar-refractivity contribution in [2.45, 2.75) is 45.8 Å². The van der Waals surface area contributed by atoms with E-state index in [4.69, 9.17) is 23.2 Å². The Kier molecular flexibility index (Phi) is 9.45. The number of rotatable bonds is 10. The number of carbonyl (C=O) groups is 2. The molecular formula is C27H31Cl2N3O4S. The van der Waals surface area contributed by atoms with Gasteiger partial charge < -0.3 is 10.2 Å². The van der Waals surface area contributed by atoms with Gasteiger partial charge in [0.1, 0.15) is 12.6 Å². The highest BCUT2D eigenvalue weighted by Crippen LogP contribution is 2.29. The zero-order valence-corrected chi connectivity index (χ0v) is 23.6. The average Bonchev–Trinajstić information content (AvgIpc) is 2.85. The van der Waals surface area contributed by atoms with E-state index in [1.165, 1.54) is 4.90 Å². The molecule has 37 heavy (non-hydrogen) atoms. The molecule has 0 aliphatic carbocycles. The van der Waals surface area contributed by atoms with Crippen molar-refractivity contribution >= 4 is 61.5 Å². The summed E-state index contributed by atoms with van der Waals surface area (Å²) in [5, 5.41) is 5.21. The minimum atomic E-state index is -3.85. The monoisotopic (exact) mass is 563 g/mol. The molecule has 0 aliphatic heterocycles. The van der Waals surface area contributed by atoms with Gasteiger partial charge in [-0.05, 0) is 49.4 Å². The van der Waals surface area contributed by atoms with Crippen LogP contribution < -0.4 is 9.62 Å². The van der Waals surface area contributed by atoms with Crippen LogP contribution in [0.4, 0.5) is 5.69 Å². The number of benzene rings is 3. The van der Waals surface area contributed by atoms with E-state index in [-0.39, 0.29) is 18.5 Å². The van der Waals surface area contributed by atoms with Crippen LogP contribution in [0.1, 0.15) is 32.8 Å². The van der Waals surface area contributed by atoms with Crippen molar-refractivity contribution in [2.75, 3.05) is 17.1 Å². The molecule has 0 saturated carbocycles. The average molecular weight is 565 g/mol. The predicted molar refractivity (Wildman–Crippen MR) is 151 cm³/mol. The van der Waals surface area contributed by atoms with Gasteiger partial charge >= 0.3 is 0 Å². The maximum Gasteiger partial charge on any atom is 0.244 e. The molecule has 0 aliphatic rings. The quantitative estimate of drug-likeness (QED) is 0.365. The highest BCUT2D eigenvalue weighted by atomic mass is 35.5. The normalized spacial score (nSPS) is 13.1. The van der Waals surface area contributed by atoms with Crippen LogP contribution in [0.15, 0.2) is 60.7 Å². The predicted octanol–water partition coefficient (Wildman–Crippen LogP) is 5.24. The summed E-state index contributed by atoms with van der Waals surface area (Å²) in [5.41, 5.74) is 0.966. The van der Waals surface area contributed by atoms with Crippen molar-refractivity contribution < 1.29 is 18.0 Å². The Bertz CT molecular complexity index is 1390. The second-order valence-corrected chi connectivity index (χ2v) is 11.8. The van der Waals surface area contributed by atoms with Gasteiger partial charge in [0.05, 0.1) is 11.9 Å². The number of nitrogens with zero attached hydrogens (tertiary/aromatic N) is 2. The van der Waals surface area contributed by atoms with E-state index in [2.05, 4.69) is 5.32 Å². The Morgan fingerprint density at radius 2 is 1.68 bits per heavy atom. The molecule has 0 saturated heterocycles. The SMILES string of the molecule is CC[C@H](C)NC(=O)[C@@H](C)N(Cc1ccc(Cl)cc1Cl)C(=O)CN(c1cccc2ccccc12)S(C)(=O)=O. The molecule has 3 rings (SSSR count). The smallest absolute Gasteiger partial charge is 0.244 e. The Balaban J connectivity index is 2.01. The largest absolute Gasteiger partial charge is 0.352 e. The summed E-state index contributed by atoms with van der Waals surface area (Å²) in [7, 11) is -3.85. The van der Waals surface area contributed by atoms with E-state index in [1.807, 2.05) is 38.1 Å². The van der Waals surface area contributed by atoms with E-state index in [9.17, 15) is 18.0 Å². The number of fused-ring (bicyclic) bond motifs is 1. The molecule has 0 bridgehead atoms. The molecule has 1 N–H and O–H groups in total. The number of halogens is 2. The van der Waals surface area contributed by atoms with Crippen LogP contribution in [0.3, 0.4) is 0 Å². The molecule has 0 fully saturated rings. The number of anilines is 1. The van der Waals surface area contributed by atoms with Gasteiger partial charge in [0.2, 0.25) is 21.8 Å². The highest BCUT2D eigenvalue weighted by molar-refractivity contribution is 7.92. The third-order valence-corrected chi connectivity index (χ3v) is 7.95. The number of amides is 2. The maximum atomic E-state index is 13.8. The third-order valence-electron chi connectivity index (χ3n) is 6.24. The van der Waals surface area contributed by atoms with Crippen LogP contribution in [0.5, 0.6) is 0 Å². The molecule has 0 aromatic heterocycles. The fourth-order valence-corrected chi connectivity index (χ4v) is 5.23. The van der Waals surface area contributed by atoms with Crippen LogP contribution in [0.2, 0.25) is 10.0 Å². The zero-order valence-electron chi connectivity index (χ0n) is 21.2. The maximum absolute atomic E-state index is 13.8. The zero-order chi connectivity index (χ0) is 27.3.